The van der Waals surface area contributed by atoms with E-state index in [1.54, 1.807) is 47.6 Å². The zero-order valence-electron chi connectivity index (χ0n) is 12.7. The molecule has 0 spiro atoms. The molecule has 0 N–H and O–H groups in total. The molecule has 2 aromatic rings. The van der Waals surface area contributed by atoms with Crippen molar-refractivity contribution in [3.8, 4) is 0 Å². The van der Waals surface area contributed by atoms with Crippen LogP contribution in [0.5, 0.6) is 0 Å². The van der Waals surface area contributed by atoms with Crippen LogP contribution in [-0.2, 0) is 9.47 Å². The van der Waals surface area contributed by atoms with Crippen molar-refractivity contribution in [1.82, 2.24) is 9.55 Å². The van der Waals surface area contributed by atoms with Crippen molar-refractivity contribution >= 4 is 29.4 Å². The summed E-state index contributed by atoms with van der Waals surface area (Å²) < 4.78 is 12.1. The van der Waals surface area contributed by atoms with Crippen LogP contribution < -0.4 is 0 Å². The van der Waals surface area contributed by atoms with E-state index in [9.17, 15) is 4.79 Å². The van der Waals surface area contributed by atoms with Gasteiger partial charge in [-0.05, 0) is 24.1 Å². The minimum Gasteiger partial charge on any atom is -0.434 e. The summed E-state index contributed by atoms with van der Waals surface area (Å²) in [5.41, 5.74) is 0.0629. The van der Waals surface area contributed by atoms with Crippen LogP contribution in [0.25, 0.3) is 0 Å². The van der Waals surface area contributed by atoms with Crippen molar-refractivity contribution in [2.24, 2.45) is 0 Å². The normalized spacial score (nSPS) is 13.3. The SMILES string of the molecule is CCCCOC(=O)OC(c1ccc(Cl)cc1)C(Cl)n1ccnc1. The number of ether oxygens (including phenoxy) is 2. The third-order valence-electron chi connectivity index (χ3n) is 3.20. The largest absolute Gasteiger partial charge is 0.509 e. The molecule has 1 aromatic carbocycles. The molecule has 1 aromatic heterocycles. The fourth-order valence-electron chi connectivity index (χ4n) is 1.94. The second-order valence-corrected chi connectivity index (χ2v) is 5.81. The van der Waals surface area contributed by atoms with E-state index >= 15 is 0 Å². The lowest BCUT2D eigenvalue weighted by atomic mass is 10.1. The number of imidazole rings is 1. The van der Waals surface area contributed by atoms with Crippen molar-refractivity contribution in [1.29, 1.82) is 0 Å². The van der Waals surface area contributed by atoms with Crippen molar-refractivity contribution < 1.29 is 14.3 Å². The van der Waals surface area contributed by atoms with Gasteiger partial charge in [0, 0.05) is 17.4 Å². The summed E-state index contributed by atoms with van der Waals surface area (Å²) >= 11 is 12.4. The number of carbonyl (C=O) groups is 1. The lowest BCUT2D eigenvalue weighted by Crippen LogP contribution is -2.20. The van der Waals surface area contributed by atoms with Crippen LogP contribution in [0.1, 0.15) is 36.9 Å². The number of benzene rings is 1. The van der Waals surface area contributed by atoms with Gasteiger partial charge in [0.05, 0.1) is 12.9 Å². The van der Waals surface area contributed by atoms with E-state index in [2.05, 4.69) is 4.98 Å². The molecule has 2 rings (SSSR count). The van der Waals surface area contributed by atoms with Crippen LogP contribution >= 0.6 is 23.2 Å². The van der Waals surface area contributed by atoms with Gasteiger partial charge in [0.1, 0.15) is 0 Å². The lowest BCUT2D eigenvalue weighted by molar-refractivity contribution is 0.0141. The summed E-state index contributed by atoms with van der Waals surface area (Å²) in [6, 6.07) is 6.96. The third kappa shape index (κ3) is 5.15. The molecule has 0 radical (unpaired) electrons. The van der Waals surface area contributed by atoms with E-state index in [0.29, 0.717) is 11.6 Å². The van der Waals surface area contributed by atoms with Crippen molar-refractivity contribution in [2.45, 2.75) is 31.4 Å². The van der Waals surface area contributed by atoms with Gasteiger partial charge in [-0.25, -0.2) is 9.78 Å². The molecule has 2 unspecified atom stereocenters. The number of halogens is 2. The van der Waals surface area contributed by atoms with Crippen molar-refractivity contribution in [3.63, 3.8) is 0 Å². The van der Waals surface area contributed by atoms with Crippen LogP contribution in [0.2, 0.25) is 5.02 Å². The standard InChI is InChI=1S/C16H18Cl2N2O3/c1-2-3-10-22-16(21)23-14(12-4-6-13(17)7-5-12)15(18)20-9-8-19-11-20/h4-9,11,14-15H,2-3,10H2,1H3. The molecule has 0 aliphatic rings. The lowest BCUT2D eigenvalue weighted by Gasteiger charge is -2.23. The van der Waals surface area contributed by atoms with E-state index in [4.69, 9.17) is 32.7 Å². The predicted octanol–water partition coefficient (Wildman–Crippen LogP) is 4.97. The van der Waals surface area contributed by atoms with E-state index in [1.165, 1.54) is 0 Å². The highest BCUT2D eigenvalue weighted by Gasteiger charge is 2.27. The Hall–Kier alpha value is -1.72. The molecule has 0 saturated carbocycles. The molecular formula is C16H18Cl2N2O3. The molecule has 23 heavy (non-hydrogen) atoms. The summed E-state index contributed by atoms with van der Waals surface area (Å²) in [6.07, 6.45) is 5.11. The number of aromatic nitrogens is 2. The Kier molecular flexibility index (Phi) is 6.74. The van der Waals surface area contributed by atoms with Gasteiger partial charge in [0.2, 0.25) is 0 Å². The molecule has 2 atom stereocenters. The quantitative estimate of drug-likeness (QED) is 0.399. The number of hydrogen-bond donors (Lipinski definition) is 0. The maximum atomic E-state index is 11.9. The number of alkyl halides is 1. The molecule has 1 heterocycles. The number of nitrogens with zero attached hydrogens (tertiary/aromatic N) is 2. The Morgan fingerprint density at radius 1 is 1.35 bits per heavy atom. The van der Waals surface area contributed by atoms with E-state index in [0.717, 1.165) is 18.4 Å². The number of unbranched alkanes of at least 4 members (excludes halogenated alkanes) is 1. The fraction of sp³-hybridized carbons (Fsp3) is 0.375. The van der Waals surface area contributed by atoms with E-state index in [-0.39, 0.29) is 0 Å². The van der Waals surface area contributed by atoms with Gasteiger partial charge < -0.3 is 14.0 Å². The van der Waals surface area contributed by atoms with Gasteiger partial charge in [-0.3, -0.25) is 0 Å². The molecule has 0 saturated heterocycles. The third-order valence-corrected chi connectivity index (χ3v) is 3.91. The maximum Gasteiger partial charge on any atom is 0.509 e. The van der Waals surface area contributed by atoms with Gasteiger partial charge in [-0.2, -0.15) is 0 Å². The highest BCUT2D eigenvalue weighted by Crippen LogP contribution is 2.34. The molecule has 0 aliphatic carbocycles. The first-order valence-electron chi connectivity index (χ1n) is 7.32. The van der Waals surface area contributed by atoms with Crippen LogP contribution in [0.3, 0.4) is 0 Å². The fourth-order valence-corrected chi connectivity index (χ4v) is 2.38. The van der Waals surface area contributed by atoms with Crippen molar-refractivity contribution in [2.75, 3.05) is 6.61 Å². The molecule has 0 aliphatic heterocycles. The smallest absolute Gasteiger partial charge is 0.434 e. The topological polar surface area (TPSA) is 53.4 Å². The number of carbonyl (C=O) groups excluding carboxylic acids is 1. The summed E-state index contributed by atoms with van der Waals surface area (Å²) in [7, 11) is 0. The summed E-state index contributed by atoms with van der Waals surface area (Å²) in [5, 5.41) is 0.590. The molecule has 5 nitrogen and oxygen atoms in total. The zero-order chi connectivity index (χ0) is 16.7. The monoisotopic (exact) mass is 356 g/mol. The predicted molar refractivity (Wildman–Crippen MR) is 88.7 cm³/mol. The minimum absolute atomic E-state index is 0.320. The second-order valence-electron chi connectivity index (χ2n) is 4.92. The van der Waals surface area contributed by atoms with Crippen LogP contribution in [0.4, 0.5) is 4.79 Å². The molecule has 7 heteroatoms. The average Bonchev–Trinajstić information content (AvgIpc) is 3.08. The van der Waals surface area contributed by atoms with Crippen molar-refractivity contribution in [3.05, 3.63) is 53.6 Å². The average molecular weight is 357 g/mol. The Bertz CT molecular complexity index is 602. The minimum atomic E-state index is -0.746. The first-order chi connectivity index (χ1) is 11.1. The first-order valence-corrected chi connectivity index (χ1v) is 8.13. The van der Waals surface area contributed by atoms with Crippen LogP contribution in [0, 0.1) is 0 Å². The molecule has 0 bridgehead atoms. The second kappa shape index (κ2) is 8.79. The van der Waals surface area contributed by atoms with Gasteiger partial charge in [-0.1, -0.05) is 48.7 Å². The summed E-state index contributed by atoms with van der Waals surface area (Å²) in [5.74, 6) is 0. The van der Waals surface area contributed by atoms with Gasteiger partial charge in [0.25, 0.3) is 0 Å². The Labute approximate surface area is 145 Å². The van der Waals surface area contributed by atoms with Gasteiger partial charge in [-0.15, -0.1) is 0 Å². The van der Waals surface area contributed by atoms with E-state index < -0.39 is 17.8 Å². The molecule has 0 amide bonds. The van der Waals surface area contributed by atoms with Gasteiger partial charge >= 0.3 is 6.16 Å². The number of rotatable bonds is 7. The number of hydrogen-bond acceptors (Lipinski definition) is 4. The first kappa shape index (κ1) is 17.6. The highest BCUT2D eigenvalue weighted by atomic mass is 35.5. The van der Waals surface area contributed by atoms with E-state index in [1.807, 2.05) is 6.92 Å². The Balaban J connectivity index is 2.14. The highest BCUT2D eigenvalue weighted by molar-refractivity contribution is 6.30. The zero-order valence-corrected chi connectivity index (χ0v) is 14.2. The summed E-state index contributed by atoms with van der Waals surface area (Å²) in [4.78, 5) is 15.8. The maximum absolute atomic E-state index is 11.9. The molecular weight excluding hydrogens is 339 g/mol. The molecule has 124 valence electrons. The van der Waals surface area contributed by atoms with Crippen LogP contribution in [-0.4, -0.2) is 22.3 Å². The van der Waals surface area contributed by atoms with Gasteiger partial charge in [0.15, 0.2) is 11.6 Å². The summed E-state index contributed by atoms with van der Waals surface area (Å²) in [6.45, 7) is 2.33. The molecule has 0 fully saturated rings. The Morgan fingerprint density at radius 2 is 2.09 bits per heavy atom. The van der Waals surface area contributed by atoms with Crippen LogP contribution in [0.15, 0.2) is 43.0 Å². The Morgan fingerprint density at radius 3 is 2.70 bits per heavy atom.